The van der Waals surface area contributed by atoms with Gasteiger partial charge in [-0.3, -0.25) is 14.2 Å². The summed E-state index contributed by atoms with van der Waals surface area (Å²) in [7, 11) is 1.00. The second kappa shape index (κ2) is 12.5. The molecule has 0 saturated carbocycles. The Morgan fingerprint density at radius 1 is 1.23 bits per heavy atom. The van der Waals surface area contributed by atoms with E-state index in [9.17, 15) is 14.9 Å². The first-order valence-corrected chi connectivity index (χ1v) is 14.8. The Bertz CT molecular complexity index is 1700. The minimum absolute atomic E-state index is 0.00654. The number of likely N-dealkylation sites (tertiary alicyclic amines) is 1. The van der Waals surface area contributed by atoms with Gasteiger partial charge >= 0.3 is 0 Å². The van der Waals surface area contributed by atoms with Crippen LogP contribution in [0.1, 0.15) is 24.9 Å². The number of anilines is 1. The lowest BCUT2D eigenvalue weighted by Crippen LogP contribution is -2.54. The van der Waals surface area contributed by atoms with Crippen molar-refractivity contribution in [3.63, 3.8) is 0 Å². The molecular weight excluding hydrogens is 596 g/mol. The molecule has 226 valence electrons. The van der Waals surface area contributed by atoms with Gasteiger partial charge in [-0.05, 0) is 56.8 Å². The Labute approximate surface area is 258 Å². The minimum atomic E-state index is -0.530. The number of piperazine rings is 1. The SMILES string of the molecule is C=CC(=O)N1CCN(c2c(C#N)c(=O)n3c4c(c(-c5cc(Cl)ccc5F)c(Cl)cc24)OCC3CN2CCC2)C(C)C1.CO. The number of nitrogens with zero attached hydrogens (tertiary/aromatic N) is 5. The van der Waals surface area contributed by atoms with Crippen molar-refractivity contribution >= 4 is 45.7 Å². The van der Waals surface area contributed by atoms with Crippen molar-refractivity contribution in [1.82, 2.24) is 14.4 Å². The lowest BCUT2D eigenvalue weighted by Gasteiger charge is -2.42. The number of carbonyl (C=O) groups excluding carboxylic acids is 1. The number of aliphatic hydroxyl groups excluding tert-OH is 1. The zero-order valence-electron chi connectivity index (χ0n) is 23.9. The molecule has 2 fully saturated rings. The van der Waals surface area contributed by atoms with Crippen molar-refractivity contribution in [3.05, 3.63) is 68.7 Å². The van der Waals surface area contributed by atoms with Gasteiger partial charge in [0.25, 0.3) is 5.56 Å². The fourth-order valence-corrected chi connectivity index (χ4v) is 6.66. The van der Waals surface area contributed by atoms with Crippen LogP contribution in [-0.2, 0) is 4.79 Å². The third kappa shape index (κ3) is 5.36. The maximum atomic E-state index is 15.2. The Morgan fingerprint density at radius 3 is 2.60 bits per heavy atom. The van der Waals surface area contributed by atoms with Gasteiger partial charge in [-0.2, -0.15) is 5.26 Å². The van der Waals surface area contributed by atoms with Crippen LogP contribution < -0.4 is 15.2 Å². The van der Waals surface area contributed by atoms with Crippen LogP contribution in [0.25, 0.3) is 22.0 Å². The fraction of sp³-hybridized carbons (Fsp3) is 0.387. The van der Waals surface area contributed by atoms with Crippen LogP contribution in [0.3, 0.4) is 0 Å². The number of pyridine rings is 1. The summed E-state index contributed by atoms with van der Waals surface area (Å²) in [6.07, 6.45) is 2.37. The maximum Gasteiger partial charge on any atom is 0.271 e. The second-order valence-electron chi connectivity index (χ2n) is 10.7. The molecule has 1 N–H and O–H groups in total. The molecule has 3 aromatic rings. The van der Waals surface area contributed by atoms with Crippen LogP contribution in [0.4, 0.5) is 10.1 Å². The molecule has 2 unspecified atom stereocenters. The number of hydrogen-bond donors (Lipinski definition) is 1. The fourth-order valence-electron chi connectivity index (χ4n) is 6.19. The van der Waals surface area contributed by atoms with Gasteiger partial charge in [0.1, 0.15) is 24.1 Å². The summed E-state index contributed by atoms with van der Waals surface area (Å²) in [6.45, 7) is 9.30. The third-order valence-electron chi connectivity index (χ3n) is 8.29. The molecule has 3 aliphatic rings. The minimum Gasteiger partial charge on any atom is -0.488 e. The van der Waals surface area contributed by atoms with Gasteiger partial charge in [-0.15, -0.1) is 0 Å². The second-order valence-corrected chi connectivity index (χ2v) is 11.6. The molecule has 0 spiro atoms. The maximum absolute atomic E-state index is 15.2. The largest absolute Gasteiger partial charge is 0.488 e. The zero-order chi connectivity index (χ0) is 31.0. The van der Waals surface area contributed by atoms with E-state index in [0.29, 0.717) is 53.4 Å². The summed E-state index contributed by atoms with van der Waals surface area (Å²) in [5, 5.41) is 18.4. The van der Waals surface area contributed by atoms with E-state index >= 15 is 4.39 Å². The van der Waals surface area contributed by atoms with Crippen LogP contribution in [0, 0.1) is 17.1 Å². The van der Waals surface area contributed by atoms with Gasteiger partial charge in [-0.25, -0.2) is 4.39 Å². The number of amides is 1. The Morgan fingerprint density at radius 2 is 1.98 bits per heavy atom. The van der Waals surface area contributed by atoms with E-state index in [0.717, 1.165) is 26.6 Å². The van der Waals surface area contributed by atoms with E-state index in [2.05, 4.69) is 17.5 Å². The normalized spacial score (nSPS) is 19.6. The van der Waals surface area contributed by atoms with Gasteiger partial charge in [0.2, 0.25) is 5.91 Å². The molecule has 0 bridgehead atoms. The number of rotatable bonds is 5. The summed E-state index contributed by atoms with van der Waals surface area (Å²) < 4.78 is 23.2. The summed E-state index contributed by atoms with van der Waals surface area (Å²) >= 11 is 13.1. The Kier molecular flexibility index (Phi) is 8.99. The number of benzene rings is 2. The smallest absolute Gasteiger partial charge is 0.271 e. The number of aromatic nitrogens is 1. The van der Waals surface area contributed by atoms with Crippen molar-refractivity contribution in [2.45, 2.75) is 25.4 Å². The molecule has 0 aliphatic carbocycles. The predicted octanol–water partition coefficient (Wildman–Crippen LogP) is 4.46. The lowest BCUT2D eigenvalue weighted by atomic mass is 9.96. The van der Waals surface area contributed by atoms with Gasteiger partial charge in [0.15, 0.2) is 5.75 Å². The summed E-state index contributed by atoms with van der Waals surface area (Å²) in [6, 6.07) is 7.50. The summed E-state index contributed by atoms with van der Waals surface area (Å²) in [5.74, 6) is -0.422. The molecule has 0 radical (unpaired) electrons. The first kappa shape index (κ1) is 30.8. The van der Waals surface area contributed by atoms with Crippen molar-refractivity contribution in [2.24, 2.45) is 0 Å². The highest BCUT2D eigenvalue weighted by Gasteiger charge is 2.37. The number of nitriles is 1. The molecule has 2 saturated heterocycles. The van der Waals surface area contributed by atoms with Crippen LogP contribution >= 0.6 is 23.2 Å². The van der Waals surface area contributed by atoms with Crippen LogP contribution in [-0.4, -0.2) is 84.4 Å². The molecule has 2 aromatic carbocycles. The van der Waals surface area contributed by atoms with E-state index in [1.54, 1.807) is 15.5 Å². The van der Waals surface area contributed by atoms with Gasteiger partial charge in [0.05, 0.1) is 22.3 Å². The summed E-state index contributed by atoms with van der Waals surface area (Å²) in [5.41, 5.74) is 0.955. The highest BCUT2D eigenvalue weighted by Crippen LogP contribution is 2.48. The van der Waals surface area contributed by atoms with Gasteiger partial charge in [-0.1, -0.05) is 29.8 Å². The monoisotopic (exact) mass is 627 g/mol. The lowest BCUT2D eigenvalue weighted by molar-refractivity contribution is -0.126. The number of carbonyl (C=O) groups is 1. The highest BCUT2D eigenvalue weighted by atomic mass is 35.5. The van der Waals surface area contributed by atoms with Crippen LogP contribution in [0.15, 0.2) is 41.7 Å². The van der Waals surface area contributed by atoms with Crippen molar-refractivity contribution in [2.75, 3.05) is 57.9 Å². The summed E-state index contributed by atoms with van der Waals surface area (Å²) in [4.78, 5) is 32.4. The van der Waals surface area contributed by atoms with E-state index < -0.39 is 11.4 Å². The Hall–Kier alpha value is -3.62. The average molecular weight is 629 g/mol. The number of ether oxygens (including phenoxy) is 1. The van der Waals surface area contributed by atoms with E-state index in [4.69, 9.17) is 33.0 Å². The number of halogens is 3. The zero-order valence-corrected chi connectivity index (χ0v) is 25.5. The average Bonchev–Trinajstić information content (AvgIpc) is 2.99. The molecule has 1 aromatic heterocycles. The van der Waals surface area contributed by atoms with E-state index in [1.807, 2.05) is 11.8 Å². The first-order chi connectivity index (χ1) is 20.7. The number of hydrogen-bond acceptors (Lipinski definition) is 7. The van der Waals surface area contributed by atoms with Crippen molar-refractivity contribution in [3.8, 4) is 22.9 Å². The molecule has 43 heavy (non-hydrogen) atoms. The first-order valence-electron chi connectivity index (χ1n) is 14.0. The quantitative estimate of drug-likeness (QED) is 0.417. The molecule has 4 heterocycles. The topological polar surface area (TPSA) is 102 Å². The number of aliphatic hydroxyl groups is 1. The molecule has 6 rings (SSSR count). The van der Waals surface area contributed by atoms with Crippen LogP contribution in [0.5, 0.6) is 5.75 Å². The van der Waals surface area contributed by atoms with E-state index in [1.165, 1.54) is 24.3 Å². The molecular formula is C31H32Cl2FN5O4. The van der Waals surface area contributed by atoms with Crippen molar-refractivity contribution < 1.29 is 19.0 Å². The predicted molar refractivity (Wildman–Crippen MR) is 166 cm³/mol. The molecule has 2 atom stereocenters. The van der Waals surface area contributed by atoms with Crippen molar-refractivity contribution in [1.29, 1.82) is 5.26 Å². The molecule has 12 heteroatoms. The molecule has 1 amide bonds. The van der Waals surface area contributed by atoms with Crippen LogP contribution in [0.2, 0.25) is 10.0 Å². The molecule has 9 nitrogen and oxygen atoms in total. The Balaban J connectivity index is 0.00000180. The highest BCUT2D eigenvalue weighted by molar-refractivity contribution is 6.35. The molecule has 3 aliphatic heterocycles. The van der Waals surface area contributed by atoms with E-state index in [-0.39, 0.29) is 46.5 Å². The van der Waals surface area contributed by atoms with Gasteiger partial charge < -0.3 is 24.5 Å². The van der Waals surface area contributed by atoms with Gasteiger partial charge in [0, 0.05) is 60.9 Å². The standard InChI is InChI=1S/C30H28Cl2FN5O3.CH4O/c1-3-25(39)36-9-10-37(17(2)14-36)27-21-12-23(32)26(20-11-18(31)5-6-24(20)33)29-28(21)38(30(40)22(27)13-34)19(16-41-29)15-35-7-4-8-35;1-2/h3,5-6,11-12,17,19H,1,4,7-10,14-16H2,2H3;2H,1H3. The third-order valence-corrected chi connectivity index (χ3v) is 8.82.